The third-order valence-corrected chi connectivity index (χ3v) is 0.810. The number of ether oxygens (including phenoxy) is 1. The summed E-state index contributed by atoms with van der Waals surface area (Å²) in [6.45, 7) is 4.17. The Labute approximate surface area is 61.2 Å². The second kappa shape index (κ2) is 6.12. The van der Waals surface area contributed by atoms with Crippen molar-refractivity contribution >= 4 is 5.97 Å². The lowest BCUT2D eigenvalue weighted by Crippen LogP contribution is -1.97. The maximum absolute atomic E-state index is 10.6. The fourth-order valence-corrected chi connectivity index (χ4v) is 0.429. The average molecular weight is 140 g/mol. The summed E-state index contributed by atoms with van der Waals surface area (Å²) in [5.74, 6) is -0.327. The van der Waals surface area contributed by atoms with Crippen LogP contribution in [0.3, 0.4) is 0 Å². The van der Waals surface area contributed by atoms with E-state index in [-0.39, 0.29) is 5.97 Å². The van der Waals surface area contributed by atoms with Crippen LogP contribution < -0.4 is 0 Å². The van der Waals surface area contributed by atoms with Gasteiger partial charge in [0.25, 0.3) is 0 Å². The lowest BCUT2D eigenvalue weighted by molar-refractivity contribution is -0.137. The Hall–Kier alpha value is -1.01. The van der Waals surface area contributed by atoms with Gasteiger partial charge in [-0.1, -0.05) is 6.92 Å². The highest BCUT2D eigenvalue weighted by molar-refractivity contribution is 5.81. The zero-order valence-corrected chi connectivity index (χ0v) is 6.39. The zero-order valence-electron chi connectivity index (χ0n) is 6.39. The second-order valence-electron chi connectivity index (χ2n) is 1.68. The van der Waals surface area contributed by atoms with Gasteiger partial charge in [0.05, 0.1) is 12.7 Å². The van der Waals surface area contributed by atoms with Gasteiger partial charge in [0, 0.05) is 0 Å². The van der Waals surface area contributed by atoms with Crippen LogP contribution in [0.4, 0.5) is 0 Å². The highest BCUT2D eigenvalue weighted by Gasteiger charge is 1.89. The van der Waals surface area contributed by atoms with Gasteiger partial charge in [-0.15, -0.1) is 5.73 Å². The molecule has 2 nitrogen and oxygen atoms in total. The summed E-state index contributed by atoms with van der Waals surface area (Å²) in [7, 11) is 0. The summed E-state index contributed by atoms with van der Waals surface area (Å²) >= 11 is 0. The van der Waals surface area contributed by atoms with Crippen molar-refractivity contribution in [1.29, 1.82) is 0 Å². The van der Waals surface area contributed by atoms with E-state index >= 15 is 0 Å². The molecule has 10 heavy (non-hydrogen) atoms. The van der Waals surface area contributed by atoms with E-state index in [1.54, 1.807) is 13.0 Å². The molecule has 0 aromatic rings. The fraction of sp³-hybridized carbons (Fsp3) is 0.500. The predicted molar refractivity (Wildman–Crippen MR) is 39.6 cm³/mol. The summed E-state index contributed by atoms with van der Waals surface area (Å²) < 4.78 is 4.61. The van der Waals surface area contributed by atoms with Gasteiger partial charge in [-0.05, 0) is 19.4 Å². The van der Waals surface area contributed by atoms with Gasteiger partial charge in [0.15, 0.2) is 0 Å². The quantitative estimate of drug-likeness (QED) is 0.338. The molecule has 0 fully saturated rings. The molecular weight excluding hydrogens is 128 g/mol. The molecule has 0 aliphatic heterocycles. The van der Waals surface area contributed by atoms with Crippen molar-refractivity contribution in [2.45, 2.75) is 20.3 Å². The smallest absolute Gasteiger partial charge is 0.338 e. The average Bonchev–Trinajstić information content (AvgIpc) is 1.89. The molecule has 2 heteroatoms. The number of esters is 1. The minimum absolute atomic E-state index is 0.327. The Morgan fingerprint density at radius 2 is 2.30 bits per heavy atom. The molecule has 0 saturated heterocycles. The Morgan fingerprint density at radius 3 is 2.80 bits per heavy atom. The fourth-order valence-electron chi connectivity index (χ4n) is 0.429. The Kier molecular flexibility index (Phi) is 5.50. The van der Waals surface area contributed by atoms with Crippen molar-refractivity contribution in [2.75, 3.05) is 6.61 Å². The first-order valence-electron chi connectivity index (χ1n) is 3.39. The number of hydrogen-bond donors (Lipinski definition) is 0. The molecule has 0 bridgehead atoms. The monoisotopic (exact) mass is 140 g/mol. The topological polar surface area (TPSA) is 26.3 Å². The van der Waals surface area contributed by atoms with Crippen molar-refractivity contribution in [3.8, 4) is 0 Å². The third kappa shape index (κ3) is 5.13. The zero-order chi connectivity index (χ0) is 7.82. The number of carbonyl (C=O) groups is 1. The largest absolute Gasteiger partial charge is 0.462 e. The van der Waals surface area contributed by atoms with Gasteiger partial charge in [0.2, 0.25) is 0 Å². The molecule has 0 aromatic heterocycles. The summed E-state index contributed by atoms with van der Waals surface area (Å²) in [6, 6.07) is 0. The molecule has 0 radical (unpaired) electrons. The molecule has 0 heterocycles. The van der Waals surface area contributed by atoms with Crippen LogP contribution in [0.1, 0.15) is 20.3 Å². The minimum atomic E-state index is -0.327. The van der Waals surface area contributed by atoms with Crippen molar-refractivity contribution in [2.24, 2.45) is 0 Å². The van der Waals surface area contributed by atoms with Crippen LogP contribution in [0, 0.1) is 0 Å². The number of rotatable bonds is 3. The van der Waals surface area contributed by atoms with E-state index in [2.05, 4.69) is 10.5 Å². The van der Waals surface area contributed by atoms with E-state index in [1.807, 2.05) is 6.92 Å². The molecule has 0 amide bonds. The van der Waals surface area contributed by atoms with Crippen molar-refractivity contribution in [1.82, 2.24) is 0 Å². The maximum Gasteiger partial charge on any atom is 0.338 e. The van der Waals surface area contributed by atoms with Gasteiger partial charge in [0.1, 0.15) is 0 Å². The lowest BCUT2D eigenvalue weighted by atomic mass is 10.4. The van der Waals surface area contributed by atoms with E-state index in [0.717, 1.165) is 6.42 Å². The molecule has 0 unspecified atom stereocenters. The predicted octanol–water partition coefficient (Wildman–Crippen LogP) is 1.67. The van der Waals surface area contributed by atoms with Crippen LogP contribution in [-0.4, -0.2) is 12.6 Å². The van der Waals surface area contributed by atoms with Crippen molar-refractivity contribution < 1.29 is 9.53 Å². The molecule has 0 aromatic carbocycles. The molecule has 0 N–H and O–H groups in total. The first-order valence-corrected chi connectivity index (χ1v) is 3.39. The standard InChI is InChI=1S/C8H12O2/c1-3-5-6-7-8(9)10-4-2/h5,7H,3-4H2,1-2H3. The van der Waals surface area contributed by atoms with Crippen molar-refractivity contribution in [3.05, 3.63) is 17.9 Å². The van der Waals surface area contributed by atoms with Gasteiger partial charge in [-0.3, -0.25) is 0 Å². The van der Waals surface area contributed by atoms with E-state index in [9.17, 15) is 4.79 Å². The number of carbonyl (C=O) groups excluding carboxylic acids is 1. The third-order valence-electron chi connectivity index (χ3n) is 0.810. The Balaban J connectivity index is 3.66. The summed E-state index contributed by atoms with van der Waals surface area (Å²) in [5, 5.41) is 0. The van der Waals surface area contributed by atoms with Gasteiger partial charge in [-0.25, -0.2) is 4.79 Å². The van der Waals surface area contributed by atoms with Crippen LogP contribution in [-0.2, 0) is 9.53 Å². The molecule has 0 aliphatic carbocycles. The summed E-state index contributed by atoms with van der Waals surface area (Å²) in [5.41, 5.74) is 2.70. The molecule has 56 valence electrons. The van der Waals surface area contributed by atoms with Crippen LogP contribution in [0.5, 0.6) is 0 Å². The van der Waals surface area contributed by atoms with Crippen LogP contribution in [0.15, 0.2) is 17.9 Å². The molecular formula is C8H12O2. The second-order valence-corrected chi connectivity index (χ2v) is 1.68. The lowest BCUT2D eigenvalue weighted by Gasteiger charge is -1.90. The van der Waals surface area contributed by atoms with E-state index in [1.165, 1.54) is 6.08 Å². The molecule has 0 saturated carbocycles. The first kappa shape index (κ1) is 8.99. The highest BCUT2D eigenvalue weighted by Crippen LogP contribution is 1.80. The molecule has 0 aliphatic rings. The molecule has 0 rings (SSSR count). The highest BCUT2D eigenvalue weighted by atomic mass is 16.5. The Morgan fingerprint density at radius 1 is 1.60 bits per heavy atom. The molecule has 0 atom stereocenters. The summed E-state index contributed by atoms with van der Waals surface area (Å²) in [6.07, 6.45) is 3.96. The van der Waals surface area contributed by atoms with Crippen LogP contribution in [0.25, 0.3) is 0 Å². The normalized spacial score (nSPS) is 7.80. The SMILES string of the molecule is CCC=C=CC(=O)OCC. The van der Waals surface area contributed by atoms with E-state index in [0.29, 0.717) is 6.61 Å². The first-order chi connectivity index (χ1) is 4.81. The number of hydrogen-bond acceptors (Lipinski definition) is 2. The maximum atomic E-state index is 10.6. The Bertz CT molecular complexity index is 153. The van der Waals surface area contributed by atoms with Crippen molar-refractivity contribution in [3.63, 3.8) is 0 Å². The van der Waals surface area contributed by atoms with Crippen LogP contribution in [0.2, 0.25) is 0 Å². The van der Waals surface area contributed by atoms with Crippen LogP contribution >= 0.6 is 0 Å². The minimum Gasteiger partial charge on any atom is -0.462 e. The van der Waals surface area contributed by atoms with E-state index < -0.39 is 0 Å². The molecule has 0 spiro atoms. The van der Waals surface area contributed by atoms with Gasteiger partial charge < -0.3 is 4.74 Å². The van der Waals surface area contributed by atoms with E-state index in [4.69, 9.17) is 0 Å². The van der Waals surface area contributed by atoms with Gasteiger partial charge in [-0.2, -0.15) is 0 Å². The summed E-state index contributed by atoms with van der Waals surface area (Å²) in [4.78, 5) is 10.6. The van der Waals surface area contributed by atoms with Gasteiger partial charge >= 0.3 is 5.97 Å².